The minimum Gasteiger partial charge on any atom is -0.317 e. The molecule has 0 saturated carbocycles. The fraction of sp³-hybridized carbons (Fsp3) is 0.417. The summed E-state index contributed by atoms with van der Waals surface area (Å²) in [7, 11) is 0. The van der Waals surface area contributed by atoms with Crippen LogP contribution in [0.2, 0.25) is 0 Å². The second-order valence-corrected chi connectivity index (χ2v) is 4.32. The maximum atomic E-state index is 13.2. The van der Waals surface area contributed by atoms with Crippen LogP contribution in [-0.2, 0) is 0 Å². The van der Waals surface area contributed by atoms with Crippen molar-refractivity contribution in [2.24, 2.45) is 0 Å². The highest BCUT2D eigenvalue weighted by atomic mass is 35.5. The maximum Gasteiger partial charge on any atom is 0.124 e. The Hall–Kier alpha value is -1.13. The lowest BCUT2D eigenvalue weighted by molar-refractivity contribution is 0.454. The van der Waals surface area contributed by atoms with E-state index in [1.807, 2.05) is 0 Å². The van der Waals surface area contributed by atoms with Crippen molar-refractivity contribution in [3.05, 3.63) is 29.7 Å². The van der Waals surface area contributed by atoms with Crippen LogP contribution in [-0.4, -0.2) is 23.3 Å². The molecule has 0 bridgehead atoms. The van der Waals surface area contributed by atoms with Gasteiger partial charge in [0.05, 0.1) is 11.2 Å². The number of H-pyrrole nitrogens is 1. The highest BCUT2D eigenvalue weighted by Gasteiger charge is 2.20. The first kappa shape index (κ1) is 12.3. The van der Waals surface area contributed by atoms with Crippen LogP contribution in [0.15, 0.2) is 18.2 Å². The Labute approximate surface area is 105 Å². The third-order valence-corrected chi connectivity index (χ3v) is 3.28. The van der Waals surface area contributed by atoms with Crippen LogP contribution in [0.1, 0.15) is 24.5 Å². The zero-order chi connectivity index (χ0) is 11.0. The Morgan fingerprint density at radius 2 is 2.00 bits per heavy atom. The van der Waals surface area contributed by atoms with Crippen molar-refractivity contribution in [1.29, 1.82) is 0 Å². The first-order valence-electron chi connectivity index (χ1n) is 5.69. The molecule has 0 radical (unpaired) electrons. The van der Waals surface area contributed by atoms with Crippen molar-refractivity contribution in [2.45, 2.75) is 18.8 Å². The summed E-state index contributed by atoms with van der Waals surface area (Å²) in [5.41, 5.74) is 1.95. The molecule has 1 aliphatic rings. The number of hydrogen-bond acceptors (Lipinski definition) is 2. The Bertz CT molecular complexity index is 505. The molecule has 5 heteroatoms. The number of rotatable bonds is 1. The molecule has 0 atom stereocenters. The number of hydrogen-bond donors (Lipinski definition) is 2. The molecule has 0 aliphatic carbocycles. The predicted molar refractivity (Wildman–Crippen MR) is 68.1 cm³/mol. The number of halogens is 2. The van der Waals surface area contributed by atoms with Gasteiger partial charge in [0.25, 0.3) is 0 Å². The van der Waals surface area contributed by atoms with E-state index in [2.05, 4.69) is 15.5 Å². The van der Waals surface area contributed by atoms with Gasteiger partial charge in [0.1, 0.15) is 5.82 Å². The van der Waals surface area contributed by atoms with Crippen molar-refractivity contribution >= 4 is 23.3 Å². The maximum absolute atomic E-state index is 13.2. The van der Waals surface area contributed by atoms with Crippen LogP contribution in [0, 0.1) is 5.82 Å². The minimum atomic E-state index is -0.191. The van der Waals surface area contributed by atoms with E-state index in [1.54, 1.807) is 12.1 Å². The van der Waals surface area contributed by atoms with E-state index in [0.29, 0.717) is 5.92 Å². The number of nitrogens with zero attached hydrogens (tertiary/aromatic N) is 1. The van der Waals surface area contributed by atoms with Crippen molar-refractivity contribution in [3.8, 4) is 0 Å². The quantitative estimate of drug-likeness (QED) is 0.822. The zero-order valence-electron chi connectivity index (χ0n) is 9.37. The normalized spacial score (nSPS) is 17.0. The van der Waals surface area contributed by atoms with E-state index in [-0.39, 0.29) is 18.2 Å². The van der Waals surface area contributed by atoms with Gasteiger partial charge in [0.15, 0.2) is 0 Å². The smallest absolute Gasteiger partial charge is 0.124 e. The predicted octanol–water partition coefficient (Wildman–Crippen LogP) is 2.59. The van der Waals surface area contributed by atoms with Crippen LogP contribution in [0.5, 0.6) is 0 Å². The SMILES string of the molecule is Cl.Fc1ccc2[nH]nc(C3CCNCC3)c2c1. The van der Waals surface area contributed by atoms with E-state index in [1.165, 1.54) is 6.07 Å². The van der Waals surface area contributed by atoms with Gasteiger partial charge >= 0.3 is 0 Å². The summed E-state index contributed by atoms with van der Waals surface area (Å²) < 4.78 is 13.2. The molecule has 3 nitrogen and oxygen atoms in total. The van der Waals surface area contributed by atoms with Gasteiger partial charge in [-0.05, 0) is 44.1 Å². The summed E-state index contributed by atoms with van der Waals surface area (Å²) in [4.78, 5) is 0. The summed E-state index contributed by atoms with van der Waals surface area (Å²) in [6.07, 6.45) is 2.16. The molecule has 1 fully saturated rings. The minimum absolute atomic E-state index is 0. The standard InChI is InChI=1S/C12H14FN3.ClH/c13-9-1-2-11-10(7-9)12(16-15-11)8-3-5-14-6-4-8;/h1-2,7-8,14H,3-6H2,(H,15,16);1H. The average molecular weight is 256 g/mol. The second-order valence-electron chi connectivity index (χ2n) is 4.32. The third-order valence-electron chi connectivity index (χ3n) is 3.28. The lowest BCUT2D eigenvalue weighted by atomic mass is 9.92. The molecule has 0 amide bonds. The van der Waals surface area contributed by atoms with Gasteiger partial charge in [0, 0.05) is 11.3 Å². The first-order chi connectivity index (χ1) is 7.84. The Morgan fingerprint density at radius 1 is 1.24 bits per heavy atom. The number of benzene rings is 1. The second kappa shape index (κ2) is 5.02. The Balaban J connectivity index is 0.00000108. The largest absolute Gasteiger partial charge is 0.317 e. The Morgan fingerprint density at radius 3 is 2.76 bits per heavy atom. The molecule has 1 aromatic heterocycles. The molecule has 92 valence electrons. The van der Waals surface area contributed by atoms with Gasteiger partial charge in [-0.3, -0.25) is 5.10 Å². The topological polar surface area (TPSA) is 40.7 Å². The number of nitrogens with one attached hydrogen (secondary N) is 2. The zero-order valence-corrected chi connectivity index (χ0v) is 10.2. The highest BCUT2D eigenvalue weighted by molar-refractivity contribution is 5.85. The number of aromatic nitrogens is 2. The van der Waals surface area contributed by atoms with Crippen molar-refractivity contribution < 1.29 is 4.39 Å². The molecule has 1 aliphatic heterocycles. The molecule has 0 spiro atoms. The summed E-state index contributed by atoms with van der Waals surface area (Å²) >= 11 is 0. The lowest BCUT2D eigenvalue weighted by Gasteiger charge is -2.21. The summed E-state index contributed by atoms with van der Waals surface area (Å²) in [6, 6.07) is 4.80. The van der Waals surface area contributed by atoms with E-state index < -0.39 is 0 Å². The number of piperidine rings is 1. The van der Waals surface area contributed by atoms with Gasteiger partial charge in [-0.1, -0.05) is 0 Å². The van der Waals surface area contributed by atoms with Crippen molar-refractivity contribution in [2.75, 3.05) is 13.1 Å². The van der Waals surface area contributed by atoms with E-state index in [9.17, 15) is 4.39 Å². The monoisotopic (exact) mass is 255 g/mol. The Kier molecular flexibility index (Phi) is 3.64. The van der Waals surface area contributed by atoms with Crippen LogP contribution >= 0.6 is 12.4 Å². The molecule has 2 N–H and O–H groups in total. The molecule has 2 heterocycles. The van der Waals surface area contributed by atoms with Gasteiger partial charge in [0.2, 0.25) is 0 Å². The van der Waals surface area contributed by atoms with Gasteiger partial charge in [-0.15, -0.1) is 12.4 Å². The van der Waals surface area contributed by atoms with E-state index >= 15 is 0 Å². The van der Waals surface area contributed by atoms with Gasteiger partial charge in [-0.25, -0.2) is 4.39 Å². The fourth-order valence-corrected chi connectivity index (χ4v) is 2.41. The van der Waals surface area contributed by atoms with Crippen molar-refractivity contribution in [1.82, 2.24) is 15.5 Å². The highest BCUT2D eigenvalue weighted by Crippen LogP contribution is 2.29. The summed E-state index contributed by atoms with van der Waals surface area (Å²) in [5, 5.41) is 11.6. The lowest BCUT2D eigenvalue weighted by Crippen LogP contribution is -2.26. The number of aromatic amines is 1. The molecule has 3 rings (SSSR count). The van der Waals surface area contributed by atoms with Crippen LogP contribution in [0.3, 0.4) is 0 Å². The molecule has 0 unspecified atom stereocenters. The summed E-state index contributed by atoms with van der Waals surface area (Å²) in [5.74, 6) is 0.265. The van der Waals surface area contributed by atoms with Gasteiger partial charge < -0.3 is 5.32 Å². The molecular formula is C12H15ClFN3. The molecule has 17 heavy (non-hydrogen) atoms. The fourth-order valence-electron chi connectivity index (χ4n) is 2.41. The van der Waals surface area contributed by atoms with Gasteiger partial charge in [-0.2, -0.15) is 5.10 Å². The van der Waals surface area contributed by atoms with Crippen molar-refractivity contribution in [3.63, 3.8) is 0 Å². The molecule has 1 aromatic carbocycles. The van der Waals surface area contributed by atoms with Crippen LogP contribution in [0.4, 0.5) is 4.39 Å². The van der Waals surface area contributed by atoms with E-state index in [0.717, 1.165) is 42.5 Å². The van der Waals surface area contributed by atoms with E-state index in [4.69, 9.17) is 0 Å². The third kappa shape index (κ3) is 2.28. The first-order valence-corrected chi connectivity index (χ1v) is 5.69. The number of fused-ring (bicyclic) bond motifs is 1. The molecule has 1 saturated heterocycles. The van der Waals surface area contributed by atoms with Crippen LogP contribution in [0.25, 0.3) is 10.9 Å². The average Bonchev–Trinajstić information content (AvgIpc) is 2.73. The van der Waals surface area contributed by atoms with Crippen LogP contribution < -0.4 is 5.32 Å². The molecular weight excluding hydrogens is 241 g/mol. The summed E-state index contributed by atoms with van der Waals surface area (Å²) in [6.45, 7) is 2.04. The molecule has 2 aromatic rings.